The minimum absolute atomic E-state index is 0.0442. The predicted octanol–water partition coefficient (Wildman–Crippen LogP) is 5.83. The Hall–Kier alpha value is -1.66. The molecule has 0 atom stereocenters. The summed E-state index contributed by atoms with van der Waals surface area (Å²) in [6.07, 6.45) is 0.837. The highest BCUT2D eigenvalue weighted by Gasteiger charge is 2.39. The van der Waals surface area contributed by atoms with Crippen LogP contribution in [-0.2, 0) is 18.7 Å². The van der Waals surface area contributed by atoms with Gasteiger partial charge in [-0.15, -0.1) is 0 Å². The fraction of sp³-hybridized carbons (Fsp3) is 0.500. The normalized spacial score (nSPS) is 12.2. The first kappa shape index (κ1) is 23.6. The maximum absolute atomic E-state index is 5.96. The van der Waals surface area contributed by atoms with Crippen LogP contribution in [0.2, 0.25) is 6.04 Å². The number of benzene rings is 2. The van der Waals surface area contributed by atoms with Crippen molar-refractivity contribution < 1.29 is 18.0 Å². The van der Waals surface area contributed by atoms with E-state index in [1.807, 2.05) is 20.8 Å². The molecule has 0 amide bonds. The van der Waals surface area contributed by atoms with E-state index < -0.39 is 8.80 Å². The Morgan fingerprint density at radius 2 is 1.24 bits per heavy atom. The molecule has 0 bridgehead atoms. The second kappa shape index (κ2) is 11.5. The first-order chi connectivity index (χ1) is 14.0. The number of ether oxygens (including phenoxy) is 1. The molecule has 2 aromatic rings. The Balaban J connectivity index is 1.91. The molecule has 4 nitrogen and oxygen atoms in total. The van der Waals surface area contributed by atoms with Gasteiger partial charge in [0.05, 0.1) is 6.61 Å². The van der Waals surface area contributed by atoms with Crippen LogP contribution in [0.15, 0.2) is 54.6 Å². The Labute approximate surface area is 177 Å². The lowest BCUT2D eigenvalue weighted by molar-refractivity contribution is 0.0696. The third-order valence-corrected chi connectivity index (χ3v) is 8.21. The van der Waals surface area contributed by atoms with Crippen LogP contribution in [0.1, 0.15) is 52.2 Å². The topological polar surface area (TPSA) is 36.9 Å². The fourth-order valence-corrected chi connectivity index (χ4v) is 6.05. The van der Waals surface area contributed by atoms with Crippen molar-refractivity contribution in [2.45, 2.75) is 52.5 Å². The SMILES string of the molecule is CCO[Si](CCCOc1ccc(C(C)(C)c2ccccc2)cc1)(OCC)OCC. The van der Waals surface area contributed by atoms with E-state index in [1.165, 1.54) is 11.1 Å². The summed E-state index contributed by atoms with van der Waals surface area (Å²) >= 11 is 0. The molecule has 0 heterocycles. The molecule has 0 spiro atoms. The summed E-state index contributed by atoms with van der Waals surface area (Å²) in [6, 6.07) is 19.8. The maximum atomic E-state index is 5.96. The van der Waals surface area contributed by atoms with Gasteiger partial charge in [0.2, 0.25) is 0 Å². The van der Waals surface area contributed by atoms with Gasteiger partial charge in [-0.1, -0.05) is 56.3 Å². The van der Waals surface area contributed by atoms with Gasteiger partial charge in [-0.3, -0.25) is 0 Å². The van der Waals surface area contributed by atoms with Gasteiger partial charge in [0, 0.05) is 31.3 Å². The number of hydrogen-bond acceptors (Lipinski definition) is 4. The van der Waals surface area contributed by atoms with Crippen LogP contribution in [-0.4, -0.2) is 35.2 Å². The zero-order chi connectivity index (χ0) is 21.2. The van der Waals surface area contributed by atoms with Crippen molar-refractivity contribution >= 4 is 8.80 Å². The second-order valence-corrected chi connectivity index (χ2v) is 10.2. The van der Waals surface area contributed by atoms with Crippen LogP contribution in [0.5, 0.6) is 5.75 Å². The monoisotopic (exact) mass is 416 g/mol. The molecule has 5 heteroatoms. The molecule has 0 saturated carbocycles. The van der Waals surface area contributed by atoms with Gasteiger partial charge in [-0.25, -0.2) is 0 Å². The van der Waals surface area contributed by atoms with Crippen LogP contribution < -0.4 is 4.74 Å². The first-order valence-electron chi connectivity index (χ1n) is 10.7. The highest BCUT2D eigenvalue weighted by Crippen LogP contribution is 2.32. The Kier molecular flexibility index (Phi) is 9.37. The Morgan fingerprint density at radius 3 is 1.76 bits per heavy atom. The molecule has 2 aromatic carbocycles. The quantitative estimate of drug-likeness (QED) is 0.304. The molecule has 0 radical (unpaired) electrons. The zero-order valence-electron chi connectivity index (χ0n) is 18.6. The standard InChI is InChI=1S/C24H36O4Si/c1-6-26-29(27-7-2,28-8-3)20-12-19-25-23-17-15-22(16-18-23)24(4,5)21-13-10-9-11-14-21/h9-11,13-18H,6-8,12,19-20H2,1-5H3. The van der Waals surface area contributed by atoms with E-state index in [2.05, 4.69) is 68.4 Å². The lowest BCUT2D eigenvalue weighted by Gasteiger charge is -2.28. The van der Waals surface area contributed by atoms with Crippen LogP contribution in [0, 0.1) is 0 Å². The van der Waals surface area contributed by atoms with Gasteiger partial charge in [0.1, 0.15) is 5.75 Å². The molecule has 0 unspecified atom stereocenters. The van der Waals surface area contributed by atoms with Gasteiger partial charge >= 0.3 is 8.80 Å². The molecular weight excluding hydrogens is 380 g/mol. The van der Waals surface area contributed by atoms with Gasteiger partial charge < -0.3 is 18.0 Å². The van der Waals surface area contributed by atoms with Crippen molar-refractivity contribution in [2.24, 2.45) is 0 Å². The maximum Gasteiger partial charge on any atom is 0.501 e. The van der Waals surface area contributed by atoms with Crippen molar-refractivity contribution in [3.63, 3.8) is 0 Å². The van der Waals surface area contributed by atoms with Crippen molar-refractivity contribution in [2.75, 3.05) is 26.4 Å². The van der Waals surface area contributed by atoms with E-state index in [-0.39, 0.29) is 5.41 Å². The van der Waals surface area contributed by atoms with Gasteiger partial charge in [0.25, 0.3) is 0 Å². The molecule has 0 fully saturated rings. The average molecular weight is 417 g/mol. The van der Waals surface area contributed by atoms with Crippen LogP contribution in [0.4, 0.5) is 0 Å². The Bertz CT molecular complexity index is 684. The van der Waals surface area contributed by atoms with Crippen molar-refractivity contribution in [3.05, 3.63) is 65.7 Å². The second-order valence-electron chi connectivity index (χ2n) is 7.45. The minimum Gasteiger partial charge on any atom is -0.494 e. The summed E-state index contributed by atoms with van der Waals surface area (Å²) in [6.45, 7) is 12.9. The Morgan fingerprint density at radius 1 is 0.724 bits per heavy atom. The third kappa shape index (κ3) is 6.68. The first-order valence-corrected chi connectivity index (χ1v) is 12.6. The summed E-state index contributed by atoms with van der Waals surface area (Å²) in [5.41, 5.74) is 2.53. The summed E-state index contributed by atoms with van der Waals surface area (Å²) in [5.74, 6) is 0.883. The molecule has 0 aliphatic carbocycles. The largest absolute Gasteiger partial charge is 0.501 e. The van der Waals surface area contributed by atoms with Crippen molar-refractivity contribution in [1.29, 1.82) is 0 Å². The number of rotatable bonds is 13. The molecule has 160 valence electrons. The van der Waals surface area contributed by atoms with E-state index in [4.69, 9.17) is 18.0 Å². The average Bonchev–Trinajstić information content (AvgIpc) is 2.73. The van der Waals surface area contributed by atoms with E-state index in [1.54, 1.807) is 0 Å². The molecule has 0 N–H and O–H groups in total. The number of hydrogen-bond donors (Lipinski definition) is 0. The van der Waals surface area contributed by atoms with E-state index >= 15 is 0 Å². The highest BCUT2D eigenvalue weighted by atomic mass is 28.4. The lowest BCUT2D eigenvalue weighted by atomic mass is 9.78. The van der Waals surface area contributed by atoms with Crippen molar-refractivity contribution in [1.82, 2.24) is 0 Å². The zero-order valence-corrected chi connectivity index (χ0v) is 19.6. The predicted molar refractivity (Wildman–Crippen MR) is 121 cm³/mol. The van der Waals surface area contributed by atoms with Crippen LogP contribution >= 0.6 is 0 Å². The van der Waals surface area contributed by atoms with Crippen molar-refractivity contribution in [3.8, 4) is 5.75 Å². The molecule has 0 aliphatic rings. The summed E-state index contributed by atoms with van der Waals surface area (Å²) in [5, 5.41) is 0. The van der Waals surface area contributed by atoms with E-state index in [0.717, 1.165) is 18.2 Å². The molecule has 0 saturated heterocycles. The molecule has 0 aromatic heterocycles. The smallest absolute Gasteiger partial charge is 0.494 e. The summed E-state index contributed by atoms with van der Waals surface area (Å²) < 4.78 is 23.7. The highest BCUT2D eigenvalue weighted by molar-refractivity contribution is 6.60. The van der Waals surface area contributed by atoms with Gasteiger partial charge in [-0.2, -0.15) is 0 Å². The third-order valence-electron chi connectivity index (χ3n) is 5.06. The molecule has 29 heavy (non-hydrogen) atoms. The van der Waals surface area contributed by atoms with Crippen LogP contribution in [0.3, 0.4) is 0 Å². The van der Waals surface area contributed by atoms with E-state index in [0.29, 0.717) is 26.4 Å². The molecular formula is C24H36O4Si. The van der Waals surface area contributed by atoms with Gasteiger partial charge in [-0.05, 0) is 50.5 Å². The minimum atomic E-state index is -2.59. The summed E-state index contributed by atoms with van der Waals surface area (Å²) in [4.78, 5) is 0. The van der Waals surface area contributed by atoms with Crippen LogP contribution in [0.25, 0.3) is 0 Å². The molecule has 2 rings (SSSR count). The lowest BCUT2D eigenvalue weighted by Crippen LogP contribution is -2.46. The summed E-state index contributed by atoms with van der Waals surface area (Å²) in [7, 11) is -2.59. The fourth-order valence-electron chi connectivity index (χ4n) is 3.47. The van der Waals surface area contributed by atoms with E-state index in [9.17, 15) is 0 Å². The molecule has 0 aliphatic heterocycles. The van der Waals surface area contributed by atoms with Gasteiger partial charge in [0.15, 0.2) is 0 Å².